The highest BCUT2D eigenvalue weighted by Crippen LogP contribution is 2.39. The molecule has 7 heteroatoms. The maximum absolute atomic E-state index is 12.2. The number of hydrogen-bond donors (Lipinski definition) is 2. The summed E-state index contributed by atoms with van der Waals surface area (Å²) in [4.78, 5) is 16.2. The van der Waals surface area contributed by atoms with Crippen molar-refractivity contribution in [1.82, 2.24) is 20.1 Å². The van der Waals surface area contributed by atoms with Crippen molar-refractivity contribution >= 4 is 11.7 Å². The molecule has 0 bridgehead atoms. The normalized spacial score (nSPS) is 16.3. The highest BCUT2D eigenvalue weighted by Gasteiger charge is 2.29. The second-order valence-electron chi connectivity index (χ2n) is 6.22. The fourth-order valence-electron chi connectivity index (χ4n) is 2.78. The zero-order valence-corrected chi connectivity index (χ0v) is 14.2. The third-order valence-electron chi connectivity index (χ3n) is 4.43. The lowest BCUT2D eigenvalue weighted by Gasteiger charge is -2.17. The predicted molar refractivity (Wildman–Crippen MR) is 91.0 cm³/mol. The van der Waals surface area contributed by atoms with Crippen LogP contribution in [-0.2, 0) is 0 Å². The van der Waals surface area contributed by atoms with E-state index in [1.165, 1.54) is 12.8 Å². The van der Waals surface area contributed by atoms with Gasteiger partial charge in [0.15, 0.2) is 0 Å². The van der Waals surface area contributed by atoms with Gasteiger partial charge in [-0.25, -0.2) is 4.79 Å². The number of hydrogen-bond acceptors (Lipinski definition) is 4. The summed E-state index contributed by atoms with van der Waals surface area (Å²) < 4.78 is 7.20. The van der Waals surface area contributed by atoms with Crippen molar-refractivity contribution in [2.24, 2.45) is 5.92 Å². The zero-order valence-electron chi connectivity index (χ0n) is 14.2. The molecule has 2 aromatic heterocycles. The van der Waals surface area contributed by atoms with E-state index in [-0.39, 0.29) is 12.1 Å². The number of pyridine rings is 1. The summed E-state index contributed by atoms with van der Waals surface area (Å²) in [6, 6.07) is 1.73. The van der Waals surface area contributed by atoms with Gasteiger partial charge in [0, 0.05) is 18.0 Å². The molecule has 1 fully saturated rings. The number of methoxy groups -OCH3 is 1. The average molecular weight is 329 g/mol. The molecule has 1 saturated carbocycles. The Hall–Kier alpha value is -2.57. The summed E-state index contributed by atoms with van der Waals surface area (Å²) in [6.07, 6.45) is 9.38. The van der Waals surface area contributed by atoms with Gasteiger partial charge in [-0.05, 0) is 38.7 Å². The predicted octanol–water partition coefficient (Wildman–Crippen LogP) is 3.14. The van der Waals surface area contributed by atoms with Gasteiger partial charge in [0.2, 0.25) is 0 Å². The lowest BCUT2D eigenvalue weighted by atomic mass is 10.1. The van der Waals surface area contributed by atoms with Gasteiger partial charge in [-0.15, -0.1) is 0 Å². The number of carbonyl (C=O) groups excluding carboxylic acids is 1. The second-order valence-corrected chi connectivity index (χ2v) is 6.22. The SMILES string of the molecule is COc1cnccc1[C@H](C)NC(=O)Nc1cnn([C@@H](C)C2CC2)c1. The molecule has 2 N–H and O–H groups in total. The smallest absolute Gasteiger partial charge is 0.319 e. The molecule has 2 atom stereocenters. The van der Waals surface area contributed by atoms with Crippen molar-refractivity contribution in [3.05, 3.63) is 36.4 Å². The molecule has 24 heavy (non-hydrogen) atoms. The number of nitrogens with zero attached hydrogens (tertiary/aromatic N) is 3. The van der Waals surface area contributed by atoms with Crippen LogP contribution in [0.15, 0.2) is 30.9 Å². The molecule has 2 aromatic rings. The third-order valence-corrected chi connectivity index (χ3v) is 4.43. The van der Waals surface area contributed by atoms with Crippen molar-refractivity contribution < 1.29 is 9.53 Å². The fraction of sp³-hybridized carbons (Fsp3) is 0.471. The molecule has 128 valence electrons. The van der Waals surface area contributed by atoms with E-state index in [1.54, 1.807) is 25.7 Å². The quantitative estimate of drug-likeness (QED) is 0.853. The minimum absolute atomic E-state index is 0.205. The lowest BCUT2D eigenvalue weighted by molar-refractivity contribution is 0.249. The van der Waals surface area contributed by atoms with Gasteiger partial charge in [0.25, 0.3) is 0 Å². The summed E-state index contributed by atoms with van der Waals surface area (Å²) in [5, 5.41) is 10.1. The number of ether oxygens (including phenoxy) is 1. The number of aromatic nitrogens is 3. The molecule has 2 amide bonds. The number of urea groups is 1. The van der Waals surface area contributed by atoms with Crippen LogP contribution in [0.5, 0.6) is 5.75 Å². The molecule has 0 aliphatic heterocycles. The first-order chi connectivity index (χ1) is 11.6. The summed E-state index contributed by atoms with van der Waals surface area (Å²) in [7, 11) is 1.59. The molecule has 1 aliphatic carbocycles. The van der Waals surface area contributed by atoms with Gasteiger partial charge in [-0.3, -0.25) is 9.67 Å². The Labute approximate surface area is 141 Å². The molecular weight excluding hydrogens is 306 g/mol. The highest BCUT2D eigenvalue weighted by atomic mass is 16.5. The van der Waals surface area contributed by atoms with Crippen molar-refractivity contribution in [2.45, 2.75) is 38.8 Å². The van der Waals surface area contributed by atoms with Crippen molar-refractivity contribution in [1.29, 1.82) is 0 Å². The molecule has 0 aromatic carbocycles. The monoisotopic (exact) mass is 329 g/mol. The standard InChI is InChI=1S/C17H23N5O2/c1-11(15-6-7-18-9-16(15)24-3)20-17(23)21-14-8-19-22(10-14)12(2)13-4-5-13/h6-13H,4-5H2,1-3H3,(H2,20,21,23)/t11-,12-/m0/s1. The molecule has 0 spiro atoms. The van der Waals surface area contributed by atoms with E-state index >= 15 is 0 Å². The van der Waals surface area contributed by atoms with Crippen LogP contribution in [-0.4, -0.2) is 27.9 Å². The minimum Gasteiger partial charge on any atom is -0.495 e. The third kappa shape index (κ3) is 3.67. The van der Waals surface area contributed by atoms with Crippen LogP contribution in [0.25, 0.3) is 0 Å². The maximum atomic E-state index is 12.2. The zero-order chi connectivity index (χ0) is 17.1. The van der Waals surface area contributed by atoms with Crippen LogP contribution >= 0.6 is 0 Å². The first-order valence-electron chi connectivity index (χ1n) is 8.18. The van der Waals surface area contributed by atoms with Gasteiger partial charge < -0.3 is 15.4 Å². The second kappa shape index (κ2) is 6.90. The molecular formula is C17H23N5O2. The van der Waals surface area contributed by atoms with Crippen LogP contribution in [0, 0.1) is 5.92 Å². The Kier molecular flexibility index (Phi) is 4.69. The first kappa shape index (κ1) is 16.3. The van der Waals surface area contributed by atoms with Gasteiger partial charge in [0.05, 0.1) is 37.3 Å². The Morgan fingerprint density at radius 3 is 2.88 bits per heavy atom. The highest BCUT2D eigenvalue weighted by molar-refractivity contribution is 5.89. The summed E-state index contributed by atoms with van der Waals surface area (Å²) in [6.45, 7) is 4.06. The Morgan fingerprint density at radius 1 is 1.38 bits per heavy atom. The largest absolute Gasteiger partial charge is 0.495 e. The number of anilines is 1. The van der Waals surface area contributed by atoms with Crippen molar-refractivity contribution in [2.75, 3.05) is 12.4 Å². The first-order valence-corrected chi connectivity index (χ1v) is 8.18. The Morgan fingerprint density at radius 2 is 2.17 bits per heavy atom. The molecule has 2 heterocycles. The van der Waals surface area contributed by atoms with Crippen LogP contribution in [0.3, 0.4) is 0 Å². The van der Waals surface area contributed by atoms with Gasteiger partial charge in [0.1, 0.15) is 5.75 Å². The molecule has 0 saturated heterocycles. The Balaban J connectivity index is 1.59. The van der Waals surface area contributed by atoms with Crippen LogP contribution < -0.4 is 15.4 Å². The number of carbonyl (C=O) groups is 1. The molecule has 3 rings (SSSR count). The van der Waals surface area contributed by atoms with Gasteiger partial charge in [-0.1, -0.05) is 0 Å². The average Bonchev–Trinajstić information content (AvgIpc) is 3.33. The summed E-state index contributed by atoms with van der Waals surface area (Å²) >= 11 is 0. The fourth-order valence-corrected chi connectivity index (χ4v) is 2.78. The molecule has 1 aliphatic rings. The minimum atomic E-state index is -0.278. The van der Waals surface area contributed by atoms with Crippen LogP contribution in [0.4, 0.5) is 10.5 Å². The van der Waals surface area contributed by atoms with E-state index < -0.39 is 0 Å². The van der Waals surface area contributed by atoms with E-state index in [9.17, 15) is 4.79 Å². The van der Waals surface area contributed by atoms with Gasteiger partial charge >= 0.3 is 6.03 Å². The van der Waals surface area contributed by atoms with Crippen LogP contribution in [0.2, 0.25) is 0 Å². The molecule has 0 unspecified atom stereocenters. The van der Waals surface area contributed by atoms with Gasteiger partial charge in [-0.2, -0.15) is 5.10 Å². The van der Waals surface area contributed by atoms with E-state index in [1.807, 2.05) is 23.9 Å². The summed E-state index contributed by atoms with van der Waals surface area (Å²) in [5.41, 5.74) is 1.56. The maximum Gasteiger partial charge on any atom is 0.319 e. The van der Waals surface area contributed by atoms with Crippen molar-refractivity contribution in [3.8, 4) is 5.75 Å². The van der Waals surface area contributed by atoms with E-state index in [0.717, 1.165) is 5.56 Å². The topological polar surface area (TPSA) is 81.1 Å². The van der Waals surface area contributed by atoms with E-state index in [4.69, 9.17) is 4.74 Å². The number of rotatable bonds is 6. The number of amides is 2. The summed E-state index contributed by atoms with van der Waals surface area (Å²) in [5.74, 6) is 1.36. The van der Waals surface area contributed by atoms with E-state index in [2.05, 4.69) is 27.6 Å². The van der Waals surface area contributed by atoms with Crippen LogP contribution in [0.1, 0.15) is 44.3 Å². The molecule has 0 radical (unpaired) electrons. The number of nitrogens with one attached hydrogen (secondary N) is 2. The lowest BCUT2D eigenvalue weighted by Crippen LogP contribution is -2.31. The molecule has 7 nitrogen and oxygen atoms in total. The Bertz CT molecular complexity index is 711. The van der Waals surface area contributed by atoms with E-state index in [0.29, 0.717) is 23.4 Å². The van der Waals surface area contributed by atoms with Crippen molar-refractivity contribution in [3.63, 3.8) is 0 Å².